The number of likely N-dealkylation sites (tertiary alicyclic amines) is 1. The van der Waals surface area contributed by atoms with Gasteiger partial charge in [-0.25, -0.2) is 0 Å². The van der Waals surface area contributed by atoms with E-state index in [-0.39, 0.29) is 11.8 Å². The van der Waals surface area contributed by atoms with Gasteiger partial charge in [0.1, 0.15) is 5.75 Å². The van der Waals surface area contributed by atoms with Crippen molar-refractivity contribution in [2.45, 2.75) is 43.7 Å². The molecule has 1 aromatic heterocycles. The van der Waals surface area contributed by atoms with E-state index in [0.29, 0.717) is 36.6 Å². The lowest BCUT2D eigenvalue weighted by molar-refractivity contribution is -0.135. The van der Waals surface area contributed by atoms with Gasteiger partial charge in [0.25, 0.3) is 0 Å². The van der Waals surface area contributed by atoms with Crippen molar-refractivity contribution >= 4 is 5.91 Å². The molecule has 5 heterocycles. The van der Waals surface area contributed by atoms with Crippen molar-refractivity contribution in [3.05, 3.63) is 59.9 Å². The van der Waals surface area contributed by atoms with Crippen LogP contribution < -0.4 is 0 Å². The Morgan fingerprint density at radius 1 is 1.11 bits per heavy atom. The van der Waals surface area contributed by atoms with Gasteiger partial charge in [0.15, 0.2) is 0 Å². The number of aryl methyl sites for hydroxylation is 1. The second-order valence-corrected chi connectivity index (χ2v) is 8.42. The number of carbonyl (C=O) groups excluding carboxylic acids is 1. The maximum absolute atomic E-state index is 13.2. The topological polar surface area (TPSA) is 56.7 Å². The van der Waals surface area contributed by atoms with Gasteiger partial charge in [0.05, 0.1) is 6.04 Å². The van der Waals surface area contributed by atoms with E-state index in [0.717, 1.165) is 30.9 Å². The number of nitrogens with zero attached hydrogens (tertiary/aromatic N) is 3. The number of fused-ring (bicyclic) bond motifs is 2. The van der Waals surface area contributed by atoms with E-state index < -0.39 is 0 Å². The molecule has 4 aliphatic rings. The number of phenols is 1. The van der Waals surface area contributed by atoms with E-state index >= 15 is 0 Å². The second-order valence-electron chi connectivity index (χ2n) is 8.42. The number of carbonyl (C=O) groups is 1. The van der Waals surface area contributed by atoms with Crippen molar-refractivity contribution in [3.8, 4) is 5.75 Å². The van der Waals surface area contributed by atoms with E-state index in [1.54, 1.807) is 12.3 Å². The van der Waals surface area contributed by atoms with Gasteiger partial charge in [-0.2, -0.15) is 0 Å². The quantitative estimate of drug-likeness (QED) is 0.890. The maximum Gasteiger partial charge on any atom is 0.223 e. The highest BCUT2D eigenvalue weighted by molar-refractivity contribution is 5.77. The zero-order chi connectivity index (χ0) is 19.1. The summed E-state index contributed by atoms with van der Waals surface area (Å²) >= 11 is 0. The predicted molar refractivity (Wildman–Crippen MR) is 107 cm³/mol. The summed E-state index contributed by atoms with van der Waals surface area (Å²) < 4.78 is 0. The third-order valence-corrected chi connectivity index (χ3v) is 6.93. The number of hydrogen-bond acceptors (Lipinski definition) is 4. The summed E-state index contributed by atoms with van der Waals surface area (Å²) in [5, 5.41) is 9.99. The minimum atomic E-state index is 0.247. The molecular formula is C23H27N3O2. The molecule has 5 heteroatoms. The lowest BCUT2D eigenvalue weighted by Crippen LogP contribution is -2.60. The van der Waals surface area contributed by atoms with Gasteiger partial charge in [0.2, 0.25) is 5.91 Å². The average molecular weight is 377 g/mol. The lowest BCUT2D eigenvalue weighted by atomic mass is 9.75. The van der Waals surface area contributed by atoms with Gasteiger partial charge in [-0.15, -0.1) is 0 Å². The summed E-state index contributed by atoms with van der Waals surface area (Å²) in [6, 6.07) is 14.2. The Bertz CT molecular complexity index is 848. The highest BCUT2D eigenvalue weighted by Crippen LogP contribution is 2.47. The summed E-state index contributed by atoms with van der Waals surface area (Å²) in [6.07, 6.45) is 5.38. The monoisotopic (exact) mass is 377 g/mol. The van der Waals surface area contributed by atoms with Gasteiger partial charge in [0, 0.05) is 36.8 Å². The number of rotatable bonds is 4. The summed E-state index contributed by atoms with van der Waals surface area (Å²) in [5.74, 6) is 1.44. The van der Waals surface area contributed by atoms with Crippen molar-refractivity contribution in [3.63, 3.8) is 0 Å². The Kier molecular flexibility index (Phi) is 4.55. The molecule has 5 nitrogen and oxygen atoms in total. The predicted octanol–water partition coefficient (Wildman–Crippen LogP) is 2.81. The first-order valence-electron chi connectivity index (χ1n) is 10.4. The Labute approximate surface area is 166 Å². The van der Waals surface area contributed by atoms with Crippen molar-refractivity contribution in [2.75, 3.05) is 19.6 Å². The molecule has 0 spiro atoms. The molecule has 28 heavy (non-hydrogen) atoms. The largest absolute Gasteiger partial charge is 0.508 e. The number of phenolic OH excluding ortho intramolecular Hbond substituents is 1. The van der Waals surface area contributed by atoms with Crippen molar-refractivity contribution < 1.29 is 9.90 Å². The number of aromatic nitrogens is 1. The van der Waals surface area contributed by atoms with Crippen molar-refractivity contribution in [1.29, 1.82) is 0 Å². The molecule has 6 rings (SSSR count). The third kappa shape index (κ3) is 3.08. The molecule has 146 valence electrons. The van der Waals surface area contributed by atoms with Crippen molar-refractivity contribution in [1.82, 2.24) is 14.8 Å². The van der Waals surface area contributed by atoms with E-state index in [4.69, 9.17) is 0 Å². The number of piperidine rings is 3. The number of pyridine rings is 1. The average Bonchev–Trinajstić information content (AvgIpc) is 3.17. The van der Waals surface area contributed by atoms with E-state index in [2.05, 4.69) is 20.9 Å². The van der Waals surface area contributed by atoms with Crippen LogP contribution in [0.1, 0.15) is 36.4 Å². The fourth-order valence-corrected chi connectivity index (χ4v) is 5.68. The molecule has 0 saturated carbocycles. The number of aromatic hydroxyl groups is 1. The fraction of sp³-hybridized carbons (Fsp3) is 0.478. The zero-order valence-corrected chi connectivity index (χ0v) is 16.1. The molecule has 4 aliphatic heterocycles. The standard InChI is InChI=1S/C23H27N3O2/c27-19-6-3-4-17(14-19)20-15-26(21(28)8-7-18-5-1-2-11-24-18)22-16-9-12-25(13-10-16)23(20)22/h1-6,11,14,16,20,22-23,27H,7-10,12-13,15H2/t20-,22+,23+/m0/s1. The molecule has 1 aromatic carbocycles. The summed E-state index contributed by atoms with van der Waals surface area (Å²) in [4.78, 5) is 22.3. The molecule has 3 atom stereocenters. The summed E-state index contributed by atoms with van der Waals surface area (Å²) in [6.45, 7) is 3.03. The van der Waals surface area contributed by atoms with Crippen LogP contribution in [0.25, 0.3) is 0 Å². The van der Waals surface area contributed by atoms with Crippen LogP contribution in [0, 0.1) is 5.92 Å². The first kappa shape index (κ1) is 17.7. The third-order valence-electron chi connectivity index (χ3n) is 6.93. The van der Waals surface area contributed by atoms with Crippen LogP contribution in [0.5, 0.6) is 5.75 Å². The molecular weight excluding hydrogens is 350 g/mol. The van der Waals surface area contributed by atoms with Crippen LogP contribution in [-0.4, -0.2) is 57.5 Å². The first-order chi connectivity index (χ1) is 13.7. The molecule has 2 aromatic rings. The van der Waals surface area contributed by atoms with Crippen LogP contribution in [0.3, 0.4) is 0 Å². The molecule has 0 unspecified atom stereocenters. The van der Waals surface area contributed by atoms with Crippen LogP contribution in [0.15, 0.2) is 48.7 Å². The van der Waals surface area contributed by atoms with E-state index in [1.165, 1.54) is 12.8 Å². The van der Waals surface area contributed by atoms with Gasteiger partial charge in [-0.05, 0) is 68.1 Å². The van der Waals surface area contributed by atoms with Crippen molar-refractivity contribution in [2.24, 2.45) is 5.92 Å². The van der Waals surface area contributed by atoms with E-state index in [9.17, 15) is 9.90 Å². The molecule has 0 radical (unpaired) electrons. The lowest BCUT2D eigenvalue weighted by Gasteiger charge is -2.51. The molecule has 1 N–H and O–H groups in total. The first-order valence-corrected chi connectivity index (χ1v) is 10.4. The molecule has 1 amide bonds. The Morgan fingerprint density at radius 2 is 1.96 bits per heavy atom. The number of amides is 1. The Hall–Kier alpha value is -2.40. The maximum atomic E-state index is 13.2. The molecule has 2 bridgehead atoms. The van der Waals surface area contributed by atoms with Crippen LogP contribution >= 0.6 is 0 Å². The van der Waals surface area contributed by atoms with Gasteiger partial charge < -0.3 is 10.0 Å². The fourth-order valence-electron chi connectivity index (χ4n) is 5.68. The van der Waals surface area contributed by atoms with Crippen LogP contribution in [0.4, 0.5) is 0 Å². The highest BCUT2D eigenvalue weighted by atomic mass is 16.3. The molecule has 4 fully saturated rings. The van der Waals surface area contributed by atoms with Crippen LogP contribution in [-0.2, 0) is 11.2 Å². The number of benzene rings is 1. The minimum absolute atomic E-state index is 0.247. The Balaban J connectivity index is 1.39. The zero-order valence-electron chi connectivity index (χ0n) is 16.1. The molecule has 4 saturated heterocycles. The van der Waals surface area contributed by atoms with Gasteiger partial charge >= 0.3 is 0 Å². The summed E-state index contributed by atoms with van der Waals surface area (Å²) in [7, 11) is 0. The van der Waals surface area contributed by atoms with Crippen LogP contribution in [0.2, 0.25) is 0 Å². The molecule has 0 aliphatic carbocycles. The Morgan fingerprint density at radius 3 is 2.71 bits per heavy atom. The van der Waals surface area contributed by atoms with Gasteiger partial charge in [-0.1, -0.05) is 18.2 Å². The smallest absolute Gasteiger partial charge is 0.223 e. The van der Waals surface area contributed by atoms with E-state index in [1.807, 2.05) is 30.3 Å². The normalized spacial score (nSPS) is 31.0. The second kappa shape index (κ2) is 7.21. The number of hydrogen-bond donors (Lipinski definition) is 1. The highest BCUT2D eigenvalue weighted by Gasteiger charge is 2.54. The SMILES string of the molecule is O=C(CCc1ccccn1)N1C[C@@H](c2cccc(O)c2)[C@@H]2[C@H]1C1CCN2CC1. The minimum Gasteiger partial charge on any atom is -0.508 e. The summed E-state index contributed by atoms with van der Waals surface area (Å²) in [5.41, 5.74) is 2.13. The van der Waals surface area contributed by atoms with Gasteiger partial charge in [-0.3, -0.25) is 14.7 Å².